The highest BCUT2D eigenvalue weighted by Crippen LogP contribution is 2.41. The number of hydrogen-bond donors (Lipinski definition) is 2. The van der Waals surface area contributed by atoms with Crippen molar-refractivity contribution in [2.45, 2.75) is 75.9 Å². The van der Waals surface area contributed by atoms with Crippen molar-refractivity contribution >= 4 is 5.91 Å². The van der Waals surface area contributed by atoms with E-state index < -0.39 is 5.60 Å². The van der Waals surface area contributed by atoms with Gasteiger partial charge in [0.1, 0.15) is 0 Å². The number of carbonyl (C=O) groups excluding carboxylic acids is 1. The third-order valence-electron chi connectivity index (χ3n) is 7.60. The Hall–Kier alpha value is -1.65. The molecule has 1 aromatic rings. The number of benzene rings is 1. The zero-order valence-corrected chi connectivity index (χ0v) is 18.3. The molecule has 1 atom stereocenters. The molecule has 1 heterocycles. The fourth-order valence-corrected chi connectivity index (χ4v) is 5.70. The normalized spacial score (nSPS) is 24.4. The third-order valence-corrected chi connectivity index (χ3v) is 7.60. The maximum absolute atomic E-state index is 13.3. The standard InChI is InChI=1S/C26H38N2O2/c29-25(26(30,23-14-6-7-15-23)22-12-2-1-3-13-22)27-24-16-19-28(20-17-24)18-8-11-21-9-4-5-10-21/h1-3,8,11-13,21,23-24,30H,4-7,9-10,14-20H2,(H,27,29)/b11-8+. The van der Waals surface area contributed by atoms with Crippen molar-refractivity contribution in [3.8, 4) is 0 Å². The summed E-state index contributed by atoms with van der Waals surface area (Å²) >= 11 is 0. The number of amides is 1. The van der Waals surface area contributed by atoms with Crippen LogP contribution in [0.5, 0.6) is 0 Å². The zero-order valence-electron chi connectivity index (χ0n) is 18.3. The summed E-state index contributed by atoms with van der Waals surface area (Å²) in [6.45, 7) is 3.04. The van der Waals surface area contributed by atoms with Gasteiger partial charge >= 0.3 is 0 Å². The molecule has 1 aromatic carbocycles. The molecule has 3 aliphatic rings. The lowest BCUT2D eigenvalue weighted by Gasteiger charge is -2.37. The second kappa shape index (κ2) is 10.1. The molecule has 0 aromatic heterocycles. The van der Waals surface area contributed by atoms with Crippen LogP contribution >= 0.6 is 0 Å². The highest BCUT2D eigenvalue weighted by Gasteiger charge is 2.46. The summed E-state index contributed by atoms with van der Waals surface area (Å²) in [4.78, 5) is 15.8. The van der Waals surface area contributed by atoms with Crippen LogP contribution in [0.3, 0.4) is 0 Å². The van der Waals surface area contributed by atoms with E-state index in [0.29, 0.717) is 0 Å². The first-order chi connectivity index (χ1) is 14.7. The number of aliphatic hydroxyl groups is 1. The molecule has 2 aliphatic carbocycles. The predicted molar refractivity (Wildman–Crippen MR) is 121 cm³/mol. The predicted octanol–water partition coefficient (Wildman–Crippen LogP) is 4.39. The Morgan fingerprint density at radius 1 is 1.00 bits per heavy atom. The van der Waals surface area contributed by atoms with Gasteiger partial charge in [0.25, 0.3) is 5.91 Å². The van der Waals surface area contributed by atoms with Crippen molar-refractivity contribution in [3.63, 3.8) is 0 Å². The number of rotatable bonds is 7. The molecule has 4 heteroatoms. The molecule has 4 nitrogen and oxygen atoms in total. The minimum absolute atomic E-state index is 0.0145. The Morgan fingerprint density at radius 2 is 1.63 bits per heavy atom. The summed E-state index contributed by atoms with van der Waals surface area (Å²) in [5.41, 5.74) is -0.664. The minimum Gasteiger partial charge on any atom is -0.375 e. The van der Waals surface area contributed by atoms with Crippen LogP contribution < -0.4 is 5.32 Å². The van der Waals surface area contributed by atoms with E-state index in [0.717, 1.165) is 69.6 Å². The molecule has 1 aliphatic heterocycles. The number of piperidine rings is 1. The van der Waals surface area contributed by atoms with Crippen LogP contribution in [0.25, 0.3) is 0 Å². The quantitative estimate of drug-likeness (QED) is 0.656. The molecule has 4 rings (SSSR count). The SMILES string of the molecule is O=C(NC1CCN(C/C=C/C2CCCC2)CC1)C(O)(c1ccccc1)C1CCCC1. The highest BCUT2D eigenvalue weighted by molar-refractivity contribution is 5.87. The lowest BCUT2D eigenvalue weighted by Crippen LogP contribution is -2.54. The molecular weight excluding hydrogens is 372 g/mol. The van der Waals surface area contributed by atoms with Crippen LogP contribution in [0.1, 0.15) is 69.8 Å². The topological polar surface area (TPSA) is 52.6 Å². The molecule has 1 amide bonds. The lowest BCUT2D eigenvalue weighted by atomic mass is 9.79. The van der Waals surface area contributed by atoms with Crippen LogP contribution in [0, 0.1) is 11.8 Å². The first-order valence-electron chi connectivity index (χ1n) is 12.1. The number of nitrogens with zero attached hydrogens (tertiary/aromatic N) is 1. The van der Waals surface area contributed by atoms with Crippen molar-refractivity contribution in [3.05, 3.63) is 48.0 Å². The van der Waals surface area contributed by atoms with E-state index in [2.05, 4.69) is 22.4 Å². The summed E-state index contributed by atoms with van der Waals surface area (Å²) in [7, 11) is 0. The van der Waals surface area contributed by atoms with E-state index >= 15 is 0 Å². The van der Waals surface area contributed by atoms with Gasteiger partial charge < -0.3 is 10.4 Å². The first kappa shape index (κ1) is 21.6. The Balaban J connectivity index is 1.31. The average molecular weight is 411 g/mol. The van der Waals surface area contributed by atoms with Crippen LogP contribution in [-0.2, 0) is 10.4 Å². The fourth-order valence-electron chi connectivity index (χ4n) is 5.70. The number of carbonyl (C=O) groups is 1. The van der Waals surface area contributed by atoms with Crippen molar-refractivity contribution in [2.24, 2.45) is 11.8 Å². The highest BCUT2D eigenvalue weighted by atomic mass is 16.3. The summed E-state index contributed by atoms with van der Waals surface area (Å²) in [5.74, 6) is 0.619. The van der Waals surface area contributed by atoms with E-state index in [1.165, 1.54) is 25.7 Å². The van der Waals surface area contributed by atoms with Gasteiger partial charge in [0.2, 0.25) is 0 Å². The van der Waals surface area contributed by atoms with Crippen LogP contribution in [0.15, 0.2) is 42.5 Å². The number of allylic oxidation sites excluding steroid dienone is 1. The lowest BCUT2D eigenvalue weighted by molar-refractivity contribution is -0.148. The van der Waals surface area contributed by atoms with Gasteiger partial charge in [0.15, 0.2) is 5.60 Å². The van der Waals surface area contributed by atoms with Gasteiger partial charge in [-0.25, -0.2) is 0 Å². The largest absolute Gasteiger partial charge is 0.375 e. The van der Waals surface area contributed by atoms with Crippen molar-refractivity contribution in [1.82, 2.24) is 10.2 Å². The van der Waals surface area contributed by atoms with E-state index in [1.807, 2.05) is 30.3 Å². The van der Waals surface area contributed by atoms with Gasteiger partial charge in [-0.1, -0.05) is 68.2 Å². The Bertz CT molecular complexity index is 699. The Morgan fingerprint density at radius 3 is 2.30 bits per heavy atom. The van der Waals surface area contributed by atoms with Crippen LogP contribution in [0.2, 0.25) is 0 Å². The maximum Gasteiger partial charge on any atom is 0.257 e. The van der Waals surface area contributed by atoms with Crippen molar-refractivity contribution in [1.29, 1.82) is 0 Å². The van der Waals surface area contributed by atoms with E-state index in [9.17, 15) is 9.90 Å². The molecular formula is C26H38N2O2. The summed E-state index contributed by atoms with van der Waals surface area (Å²) in [6.07, 6.45) is 16.2. The Kier molecular flexibility index (Phi) is 7.27. The van der Waals surface area contributed by atoms with Gasteiger partial charge in [-0.3, -0.25) is 9.69 Å². The van der Waals surface area contributed by atoms with Gasteiger partial charge in [-0.05, 0) is 50.0 Å². The summed E-state index contributed by atoms with van der Waals surface area (Å²) < 4.78 is 0. The van der Waals surface area contributed by atoms with Crippen LogP contribution in [0.4, 0.5) is 0 Å². The molecule has 30 heavy (non-hydrogen) atoms. The third kappa shape index (κ3) is 4.97. The van der Waals surface area contributed by atoms with Crippen molar-refractivity contribution < 1.29 is 9.90 Å². The second-order valence-electron chi connectivity index (χ2n) is 9.63. The van der Waals surface area contributed by atoms with Gasteiger partial charge in [-0.15, -0.1) is 0 Å². The van der Waals surface area contributed by atoms with E-state index in [4.69, 9.17) is 0 Å². The van der Waals surface area contributed by atoms with E-state index in [1.54, 1.807) is 0 Å². The second-order valence-corrected chi connectivity index (χ2v) is 9.63. The molecule has 1 unspecified atom stereocenters. The molecule has 1 saturated heterocycles. The molecule has 164 valence electrons. The smallest absolute Gasteiger partial charge is 0.257 e. The molecule has 0 bridgehead atoms. The maximum atomic E-state index is 13.3. The number of nitrogens with one attached hydrogen (secondary N) is 1. The molecule has 0 spiro atoms. The minimum atomic E-state index is -1.40. The monoisotopic (exact) mass is 410 g/mol. The summed E-state index contributed by atoms with van der Waals surface area (Å²) in [6, 6.07) is 9.73. The van der Waals surface area contributed by atoms with Crippen molar-refractivity contribution in [2.75, 3.05) is 19.6 Å². The molecule has 2 N–H and O–H groups in total. The Labute approximate surface area is 181 Å². The fraction of sp³-hybridized carbons (Fsp3) is 0.654. The van der Waals surface area contributed by atoms with E-state index in [-0.39, 0.29) is 17.9 Å². The zero-order chi connectivity index (χ0) is 20.8. The molecule has 2 saturated carbocycles. The molecule has 3 fully saturated rings. The number of likely N-dealkylation sites (tertiary alicyclic amines) is 1. The van der Waals surface area contributed by atoms with Gasteiger partial charge in [0.05, 0.1) is 0 Å². The van der Waals surface area contributed by atoms with Crippen LogP contribution in [-0.4, -0.2) is 41.6 Å². The van der Waals surface area contributed by atoms with Gasteiger partial charge in [-0.2, -0.15) is 0 Å². The van der Waals surface area contributed by atoms with Gasteiger partial charge in [0, 0.05) is 31.6 Å². The molecule has 0 radical (unpaired) electrons. The summed E-state index contributed by atoms with van der Waals surface area (Å²) in [5, 5.41) is 14.8. The average Bonchev–Trinajstić information content (AvgIpc) is 3.50. The first-order valence-corrected chi connectivity index (χ1v) is 12.1. The number of hydrogen-bond acceptors (Lipinski definition) is 3.